The van der Waals surface area contributed by atoms with Crippen LogP contribution in [0.1, 0.15) is 6.42 Å². The maximum absolute atomic E-state index is 4.99. The number of imidazole rings is 1. The molecular weight excluding hydrogens is 232 g/mol. The summed E-state index contributed by atoms with van der Waals surface area (Å²) in [6.45, 7) is 3.19. The van der Waals surface area contributed by atoms with Gasteiger partial charge in [-0.3, -0.25) is 4.68 Å². The molecule has 0 unspecified atom stereocenters. The van der Waals surface area contributed by atoms with Gasteiger partial charge in [0.25, 0.3) is 0 Å². The van der Waals surface area contributed by atoms with E-state index in [0.29, 0.717) is 6.61 Å². The molecule has 0 saturated carbocycles. The third-order valence-electron chi connectivity index (χ3n) is 2.56. The van der Waals surface area contributed by atoms with Gasteiger partial charge in [0.05, 0.1) is 12.8 Å². The van der Waals surface area contributed by atoms with Crippen molar-refractivity contribution in [2.45, 2.75) is 19.5 Å². The zero-order chi connectivity index (χ0) is 12.6. The molecule has 0 fully saturated rings. The van der Waals surface area contributed by atoms with Crippen LogP contribution in [0.3, 0.4) is 0 Å². The van der Waals surface area contributed by atoms with E-state index in [-0.39, 0.29) is 0 Å². The number of nitrogens with one attached hydrogen (secondary N) is 1. The molecule has 0 aromatic carbocycles. The molecular formula is C11H18N6O. The average Bonchev–Trinajstić information content (AvgIpc) is 3.02. The number of ether oxygens (including phenoxy) is 1. The van der Waals surface area contributed by atoms with Gasteiger partial charge in [0.15, 0.2) is 0 Å². The van der Waals surface area contributed by atoms with Gasteiger partial charge in [0.1, 0.15) is 0 Å². The third kappa shape index (κ3) is 3.56. The topological polar surface area (TPSA) is 69.8 Å². The van der Waals surface area contributed by atoms with Crippen LogP contribution in [0.15, 0.2) is 24.8 Å². The Morgan fingerprint density at radius 3 is 3.00 bits per heavy atom. The fraction of sp³-hybridized carbons (Fsp3) is 0.545. The second-order valence-corrected chi connectivity index (χ2v) is 3.88. The predicted molar refractivity (Wildman–Crippen MR) is 67.2 cm³/mol. The Morgan fingerprint density at radius 1 is 1.28 bits per heavy atom. The van der Waals surface area contributed by atoms with Crippen LogP contribution in [0.5, 0.6) is 0 Å². The van der Waals surface area contributed by atoms with E-state index in [4.69, 9.17) is 4.74 Å². The summed E-state index contributed by atoms with van der Waals surface area (Å²) >= 11 is 0. The van der Waals surface area contributed by atoms with Crippen LogP contribution in [-0.2, 0) is 17.8 Å². The van der Waals surface area contributed by atoms with Crippen LogP contribution >= 0.6 is 0 Å². The van der Waals surface area contributed by atoms with E-state index < -0.39 is 0 Å². The Labute approximate surface area is 106 Å². The highest BCUT2D eigenvalue weighted by molar-refractivity contribution is 5.25. The first-order valence-electron chi connectivity index (χ1n) is 5.98. The molecule has 2 aromatic rings. The lowest BCUT2D eigenvalue weighted by molar-refractivity contribution is 0.210. The molecule has 7 nitrogen and oxygen atoms in total. The van der Waals surface area contributed by atoms with Crippen LogP contribution in [0.2, 0.25) is 0 Å². The van der Waals surface area contributed by atoms with Crippen molar-refractivity contribution in [3.63, 3.8) is 0 Å². The minimum absolute atomic E-state index is 0.672. The van der Waals surface area contributed by atoms with Crippen molar-refractivity contribution in [2.24, 2.45) is 0 Å². The first-order chi connectivity index (χ1) is 8.90. The summed E-state index contributed by atoms with van der Waals surface area (Å²) < 4.78 is 8.91. The van der Waals surface area contributed by atoms with E-state index in [2.05, 4.69) is 25.2 Å². The van der Waals surface area contributed by atoms with Gasteiger partial charge in [-0.2, -0.15) is 0 Å². The highest BCUT2D eigenvalue weighted by Gasteiger charge is 2.01. The first-order valence-corrected chi connectivity index (χ1v) is 5.98. The van der Waals surface area contributed by atoms with Crippen LogP contribution in [0.4, 0.5) is 5.95 Å². The number of nitrogens with zero attached hydrogens (tertiary/aromatic N) is 5. The molecule has 0 radical (unpaired) electrons. The van der Waals surface area contributed by atoms with E-state index in [1.165, 1.54) is 0 Å². The fourth-order valence-electron chi connectivity index (χ4n) is 1.68. The Morgan fingerprint density at radius 2 is 2.22 bits per heavy atom. The number of aryl methyl sites for hydroxylation is 2. The highest BCUT2D eigenvalue weighted by Crippen LogP contribution is 2.05. The Bertz CT molecular complexity index is 438. The predicted octanol–water partition coefficient (Wildman–Crippen LogP) is 0.623. The van der Waals surface area contributed by atoms with Crippen molar-refractivity contribution in [3.8, 4) is 0 Å². The van der Waals surface area contributed by atoms with Gasteiger partial charge < -0.3 is 14.6 Å². The number of methoxy groups -OCH3 is 1. The zero-order valence-corrected chi connectivity index (χ0v) is 10.5. The lowest BCUT2D eigenvalue weighted by Gasteiger charge is -2.09. The number of rotatable bonds is 8. The quantitative estimate of drug-likeness (QED) is 0.696. The van der Waals surface area contributed by atoms with Crippen molar-refractivity contribution in [3.05, 3.63) is 24.8 Å². The van der Waals surface area contributed by atoms with Crippen LogP contribution in [0.25, 0.3) is 0 Å². The van der Waals surface area contributed by atoms with Gasteiger partial charge in [-0.25, -0.2) is 4.98 Å². The number of hydrogen-bond acceptors (Lipinski definition) is 5. The Kier molecular flexibility index (Phi) is 4.71. The molecule has 1 N–H and O–H groups in total. The van der Waals surface area contributed by atoms with Crippen LogP contribution in [0, 0.1) is 0 Å². The second-order valence-electron chi connectivity index (χ2n) is 3.88. The lowest BCUT2D eigenvalue weighted by Crippen LogP contribution is -2.13. The van der Waals surface area contributed by atoms with Crippen molar-refractivity contribution >= 4 is 5.95 Å². The van der Waals surface area contributed by atoms with Gasteiger partial charge in [-0.05, 0) is 6.42 Å². The minimum Gasteiger partial charge on any atom is -0.383 e. The number of anilines is 1. The molecule has 7 heteroatoms. The van der Waals surface area contributed by atoms with Crippen molar-refractivity contribution in [1.29, 1.82) is 0 Å². The highest BCUT2D eigenvalue weighted by atomic mass is 16.5. The Balaban J connectivity index is 1.76. The van der Waals surface area contributed by atoms with Gasteiger partial charge in [0.2, 0.25) is 5.95 Å². The normalized spacial score (nSPS) is 10.7. The minimum atomic E-state index is 0.672. The zero-order valence-electron chi connectivity index (χ0n) is 10.5. The van der Waals surface area contributed by atoms with Gasteiger partial charge in [-0.15, -0.1) is 5.10 Å². The van der Waals surface area contributed by atoms with Crippen molar-refractivity contribution in [1.82, 2.24) is 24.5 Å². The molecule has 2 heterocycles. The smallest absolute Gasteiger partial charge is 0.202 e. The third-order valence-corrected chi connectivity index (χ3v) is 2.56. The molecule has 0 aliphatic rings. The molecule has 0 aliphatic heterocycles. The maximum atomic E-state index is 4.99. The van der Waals surface area contributed by atoms with E-state index in [9.17, 15) is 0 Å². The number of hydrogen-bond donors (Lipinski definition) is 1. The SMILES string of the molecule is COCCNc1nccn1CCCn1ccnn1. The maximum Gasteiger partial charge on any atom is 0.202 e. The summed E-state index contributed by atoms with van der Waals surface area (Å²) in [5.41, 5.74) is 0. The molecule has 0 spiro atoms. The summed E-state index contributed by atoms with van der Waals surface area (Å²) in [5, 5.41) is 10.9. The Hall–Kier alpha value is -1.89. The molecule has 2 rings (SSSR count). The van der Waals surface area contributed by atoms with Crippen LogP contribution < -0.4 is 5.32 Å². The van der Waals surface area contributed by atoms with E-state index in [0.717, 1.165) is 32.0 Å². The molecule has 0 amide bonds. The van der Waals surface area contributed by atoms with Gasteiger partial charge in [-0.1, -0.05) is 5.21 Å². The average molecular weight is 250 g/mol. The molecule has 2 aromatic heterocycles. The molecule has 0 aliphatic carbocycles. The van der Waals surface area contributed by atoms with Crippen LogP contribution in [-0.4, -0.2) is 44.8 Å². The summed E-state index contributed by atoms with van der Waals surface area (Å²) in [6.07, 6.45) is 8.31. The standard InChI is InChI=1S/C11H18N6O/c1-18-10-5-13-11-12-3-8-16(11)6-2-7-17-9-4-14-15-17/h3-4,8-9H,2,5-7,10H2,1H3,(H,12,13). The van der Waals surface area contributed by atoms with Gasteiger partial charge in [0, 0.05) is 45.3 Å². The molecule has 0 atom stereocenters. The second kappa shape index (κ2) is 6.75. The summed E-state index contributed by atoms with van der Waals surface area (Å²) in [7, 11) is 1.69. The lowest BCUT2D eigenvalue weighted by atomic mass is 10.4. The van der Waals surface area contributed by atoms with E-state index in [1.807, 2.05) is 17.1 Å². The largest absolute Gasteiger partial charge is 0.383 e. The number of aromatic nitrogens is 5. The molecule has 0 bridgehead atoms. The van der Waals surface area contributed by atoms with Crippen molar-refractivity contribution < 1.29 is 4.74 Å². The summed E-state index contributed by atoms with van der Waals surface area (Å²) in [4.78, 5) is 4.27. The van der Waals surface area contributed by atoms with Crippen molar-refractivity contribution in [2.75, 3.05) is 25.6 Å². The summed E-state index contributed by atoms with van der Waals surface area (Å²) in [6, 6.07) is 0. The van der Waals surface area contributed by atoms with Gasteiger partial charge >= 0.3 is 0 Å². The monoisotopic (exact) mass is 250 g/mol. The molecule has 98 valence electrons. The molecule has 18 heavy (non-hydrogen) atoms. The van der Waals surface area contributed by atoms with E-state index >= 15 is 0 Å². The molecule has 0 saturated heterocycles. The fourth-order valence-corrected chi connectivity index (χ4v) is 1.68. The summed E-state index contributed by atoms with van der Waals surface area (Å²) in [5.74, 6) is 0.880. The van der Waals surface area contributed by atoms with E-state index in [1.54, 1.807) is 19.5 Å². The first kappa shape index (κ1) is 12.6.